The molecular weight excluding hydrogens is 311 g/mol. The SMILES string of the molecule is CCCC(O)N(CC)CC.CCCC(O)N(CC)CC.[Co]. The topological polar surface area (TPSA) is 46.9 Å². The van der Waals surface area contributed by atoms with E-state index in [1.165, 1.54) is 0 Å². The van der Waals surface area contributed by atoms with Gasteiger partial charge in [0.05, 0.1) is 0 Å². The van der Waals surface area contributed by atoms with Gasteiger partial charge in [0.25, 0.3) is 0 Å². The van der Waals surface area contributed by atoms with Gasteiger partial charge in [0.1, 0.15) is 12.5 Å². The molecule has 0 aliphatic carbocycles. The molecular formula is C16H38CoN2O2. The molecule has 4 nitrogen and oxygen atoms in total. The molecule has 0 aromatic heterocycles. The molecule has 5 heteroatoms. The van der Waals surface area contributed by atoms with Gasteiger partial charge in [0.15, 0.2) is 0 Å². The molecule has 2 N–H and O–H groups in total. The van der Waals surface area contributed by atoms with Gasteiger partial charge in [-0.2, -0.15) is 0 Å². The molecule has 0 bridgehead atoms. The van der Waals surface area contributed by atoms with Gasteiger partial charge >= 0.3 is 0 Å². The van der Waals surface area contributed by atoms with E-state index < -0.39 is 0 Å². The van der Waals surface area contributed by atoms with Crippen LogP contribution < -0.4 is 0 Å². The number of nitrogens with zero attached hydrogens (tertiary/aromatic N) is 2. The summed E-state index contributed by atoms with van der Waals surface area (Å²) >= 11 is 0. The first-order valence-electron chi connectivity index (χ1n) is 8.36. The number of aliphatic hydroxyl groups is 2. The Balaban J connectivity index is -0.000000295. The second-order valence-corrected chi connectivity index (χ2v) is 4.98. The van der Waals surface area contributed by atoms with Gasteiger partial charge < -0.3 is 10.2 Å². The Bertz CT molecular complexity index is 169. The average molecular weight is 349 g/mol. The molecule has 21 heavy (non-hydrogen) atoms. The van der Waals surface area contributed by atoms with Crippen molar-refractivity contribution < 1.29 is 27.0 Å². The molecule has 0 rings (SSSR count). The van der Waals surface area contributed by atoms with Crippen molar-refractivity contribution in [2.24, 2.45) is 0 Å². The maximum atomic E-state index is 9.43. The van der Waals surface area contributed by atoms with Crippen LogP contribution in [0.3, 0.4) is 0 Å². The van der Waals surface area contributed by atoms with Crippen molar-refractivity contribution in [2.75, 3.05) is 26.2 Å². The van der Waals surface area contributed by atoms with E-state index in [9.17, 15) is 10.2 Å². The first-order valence-corrected chi connectivity index (χ1v) is 8.36. The Hall–Kier alpha value is 0.346. The first-order chi connectivity index (χ1) is 9.51. The van der Waals surface area contributed by atoms with E-state index in [0.717, 1.165) is 51.9 Å². The Kier molecular flexibility index (Phi) is 23.0. The summed E-state index contributed by atoms with van der Waals surface area (Å²) in [6, 6.07) is 0. The van der Waals surface area contributed by atoms with Gasteiger partial charge in [-0.05, 0) is 39.0 Å². The Morgan fingerprint density at radius 1 is 0.619 bits per heavy atom. The van der Waals surface area contributed by atoms with Crippen LogP contribution in [0.1, 0.15) is 67.2 Å². The molecule has 0 heterocycles. The van der Waals surface area contributed by atoms with Crippen molar-refractivity contribution in [1.82, 2.24) is 9.80 Å². The molecule has 0 fully saturated rings. The van der Waals surface area contributed by atoms with E-state index in [1.54, 1.807) is 0 Å². The Morgan fingerprint density at radius 3 is 1.00 bits per heavy atom. The largest absolute Gasteiger partial charge is 0.378 e. The van der Waals surface area contributed by atoms with Crippen molar-refractivity contribution in [3.63, 3.8) is 0 Å². The molecule has 0 aliphatic rings. The summed E-state index contributed by atoms with van der Waals surface area (Å²) in [6.07, 6.45) is 3.44. The molecule has 0 aromatic rings. The fourth-order valence-corrected chi connectivity index (χ4v) is 2.17. The predicted octanol–water partition coefficient (Wildman–Crippen LogP) is 2.89. The van der Waals surface area contributed by atoms with Crippen LogP contribution in [-0.4, -0.2) is 58.6 Å². The summed E-state index contributed by atoms with van der Waals surface area (Å²) in [5, 5.41) is 18.9. The first kappa shape index (κ1) is 26.3. The van der Waals surface area contributed by atoms with Gasteiger partial charge in [-0.3, -0.25) is 9.80 Å². The molecule has 133 valence electrons. The zero-order chi connectivity index (χ0) is 16.0. The van der Waals surface area contributed by atoms with Crippen LogP contribution in [0.2, 0.25) is 0 Å². The van der Waals surface area contributed by atoms with E-state index in [4.69, 9.17) is 0 Å². The summed E-state index contributed by atoms with van der Waals surface area (Å²) in [4.78, 5) is 4.12. The van der Waals surface area contributed by atoms with Crippen LogP contribution in [0.4, 0.5) is 0 Å². The van der Waals surface area contributed by atoms with Crippen molar-refractivity contribution >= 4 is 0 Å². The minimum atomic E-state index is -0.222. The fourth-order valence-electron chi connectivity index (χ4n) is 2.17. The van der Waals surface area contributed by atoms with Crippen LogP contribution >= 0.6 is 0 Å². The summed E-state index contributed by atoms with van der Waals surface area (Å²) in [5.41, 5.74) is 0. The number of hydrogen-bond acceptors (Lipinski definition) is 4. The van der Waals surface area contributed by atoms with Gasteiger partial charge in [-0.1, -0.05) is 54.4 Å². The van der Waals surface area contributed by atoms with Gasteiger partial charge in [0.2, 0.25) is 0 Å². The second kappa shape index (κ2) is 18.4. The number of hydrogen-bond donors (Lipinski definition) is 2. The Morgan fingerprint density at radius 2 is 0.857 bits per heavy atom. The molecule has 0 aromatic carbocycles. The zero-order valence-electron chi connectivity index (χ0n) is 14.9. The van der Waals surface area contributed by atoms with E-state index >= 15 is 0 Å². The average Bonchev–Trinajstić information content (AvgIpc) is 2.43. The summed E-state index contributed by atoms with van der Waals surface area (Å²) in [7, 11) is 0. The third-order valence-corrected chi connectivity index (χ3v) is 3.56. The molecule has 0 saturated heterocycles. The molecule has 0 amide bonds. The van der Waals surface area contributed by atoms with Crippen molar-refractivity contribution in [2.45, 2.75) is 79.7 Å². The van der Waals surface area contributed by atoms with E-state index in [0.29, 0.717) is 0 Å². The third-order valence-electron chi connectivity index (χ3n) is 3.56. The quantitative estimate of drug-likeness (QED) is 0.596. The smallest absolute Gasteiger partial charge is 0.107 e. The van der Waals surface area contributed by atoms with Crippen molar-refractivity contribution in [1.29, 1.82) is 0 Å². The number of aliphatic hydroxyl groups excluding tert-OH is 2. The van der Waals surface area contributed by atoms with Crippen LogP contribution in [0.5, 0.6) is 0 Å². The molecule has 2 atom stereocenters. The number of rotatable bonds is 10. The van der Waals surface area contributed by atoms with Crippen LogP contribution in [0, 0.1) is 0 Å². The minimum Gasteiger partial charge on any atom is -0.378 e. The van der Waals surface area contributed by atoms with Crippen LogP contribution in [-0.2, 0) is 16.8 Å². The molecule has 0 saturated carbocycles. The molecule has 0 spiro atoms. The summed E-state index contributed by atoms with van der Waals surface area (Å²) in [5.74, 6) is 0. The van der Waals surface area contributed by atoms with E-state index in [2.05, 4.69) is 51.3 Å². The van der Waals surface area contributed by atoms with Gasteiger partial charge in [0, 0.05) is 16.8 Å². The van der Waals surface area contributed by atoms with Gasteiger partial charge in [-0.15, -0.1) is 0 Å². The van der Waals surface area contributed by atoms with Crippen molar-refractivity contribution in [3.8, 4) is 0 Å². The van der Waals surface area contributed by atoms with E-state index in [-0.39, 0.29) is 29.2 Å². The van der Waals surface area contributed by atoms with Gasteiger partial charge in [-0.25, -0.2) is 0 Å². The summed E-state index contributed by atoms with van der Waals surface area (Å²) in [6.45, 7) is 16.2. The monoisotopic (exact) mass is 349 g/mol. The molecule has 2 unspecified atom stereocenters. The second-order valence-electron chi connectivity index (χ2n) is 4.98. The predicted molar refractivity (Wildman–Crippen MR) is 87.7 cm³/mol. The van der Waals surface area contributed by atoms with E-state index in [1.807, 2.05) is 0 Å². The zero-order valence-corrected chi connectivity index (χ0v) is 16.0. The molecule has 1 radical (unpaired) electrons. The third kappa shape index (κ3) is 13.7. The molecule has 0 aliphatic heterocycles. The minimum absolute atomic E-state index is 0. The normalized spacial score (nSPS) is 13.4. The summed E-state index contributed by atoms with van der Waals surface area (Å²) < 4.78 is 0. The maximum absolute atomic E-state index is 9.43. The van der Waals surface area contributed by atoms with Crippen LogP contribution in [0.15, 0.2) is 0 Å². The van der Waals surface area contributed by atoms with Crippen molar-refractivity contribution in [3.05, 3.63) is 0 Å². The van der Waals surface area contributed by atoms with Crippen LogP contribution in [0.25, 0.3) is 0 Å². The fraction of sp³-hybridized carbons (Fsp3) is 1.00. The standard InChI is InChI=1S/2C8H19NO.Co/c2*1-4-7-8(10)9(5-2)6-3;/h2*8,10H,4-7H2,1-3H3;. The maximum Gasteiger partial charge on any atom is 0.107 e. The Labute approximate surface area is 143 Å².